The molecular formula is C40H40F4N2O6S2. The topological polar surface area (TPSA) is 95.1 Å². The van der Waals surface area contributed by atoms with Crippen LogP contribution in [-0.4, -0.2) is 38.2 Å². The average Bonchev–Trinajstić information content (AvgIpc) is 3.13. The van der Waals surface area contributed by atoms with E-state index < -0.39 is 46.7 Å². The summed E-state index contributed by atoms with van der Waals surface area (Å²) in [6, 6.07) is 17.9. The number of unbranched alkanes of at least 4 members (excludes halogenated alkanes) is 1. The van der Waals surface area contributed by atoms with Gasteiger partial charge < -0.3 is 18.9 Å². The third-order valence-electron chi connectivity index (χ3n) is 7.28. The normalized spacial score (nSPS) is 11.7. The van der Waals surface area contributed by atoms with E-state index in [4.69, 9.17) is 18.9 Å². The van der Waals surface area contributed by atoms with Gasteiger partial charge in [-0.25, -0.2) is 27.2 Å². The van der Waals surface area contributed by atoms with Crippen molar-refractivity contribution in [3.05, 3.63) is 118 Å². The molecule has 0 aliphatic rings. The van der Waals surface area contributed by atoms with Gasteiger partial charge in [0.2, 0.25) is 0 Å². The van der Waals surface area contributed by atoms with Gasteiger partial charge in [-0.1, -0.05) is 0 Å². The Bertz CT molecular complexity index is 1770. The molecule has 0 atom stereocenters. The fourth-order valence-electron chi connectivity index (χ4n) is 4.68. The van der Waals surface area contributed by atoms with Gasteiger partial charge in [-0.2, -0.15) is 0 Å². The summed E-state index contributed by atoms with van der Waals surface area (Å²) < 4.78 is 86.0. The van der Waals surface area contributed by atoms with Crippen LogP contribution in [0.2, 0.25) is 0 Å². The highest BCUT2D eigenvalue weighted by Crippen LogP contribution is 2.32. The van der Waals surface area contributed by atoms with Crippen LogP contribution in [-0.2, 0) is 19.1 Å². The molecule has 0 heterocycles. The zero-order valence-electron chi connectivity index (χ0n) is 30.1. The van der Waals surface area contributed by atoms with Gasteiger partial charge >= 0.3 is 11.9 Å². The number of benzene rings is 4. The second-order valence-electron chi connectivity index (χ2n) is 11.6. The second kappa shape index (κ2) is 21.2. The highest BCUT2D eigenvalue weighted by molar-refractivity contribution is 7.97. The molecule has 0 radical (unpaired) electrons. The van der Waals surface area contributed by atoms with Gasteiger partial charge in [0, 0.05) is 34.0 Å². The molecule has 0 fully saturated rings. The van der Waals surface area contributed by atoms with Gasteiger partial charge in [-0.05, 0) is 161 Å². The molecule has 54 heavy (non-hydrogen) atoms. The third kappa shape index (κ3) is 13.0. The Kier molecular flexibility index (Phi) is 16.5. The van der Waals surface area contributed by atoms with E-state index in [0.29, 0.717) is 0 Å². The minimum Gasteiger partial charge on any atom is -0.463 e. The van der Waals surface area contributed by atoms with Gasteiger partial charge in [-0.3, -0.25) is 9.44 Å². The van der Waals surface area contributed by atoms with Gasteiger partial charge in [0.05, 0.1) is 13.2 Å². The van der Waals surface area contributed by atoms with E-state index in [-0.39, 0.29) is 47.0 Å². The van der Waals surface area contributed by atoms with Gasteiger partial charge in [0.15, 0.2) is 34.8 Å². The summed E-state index contributed by atoms with van der Waals surface area (Å²) >= 11 is 2.85. The predicted molar refractivity (Wildman–Crippen MR) is 203 cm³/mol. The van der Waals surface area contributed by atoms with Crippen molar-refractivity contribution in [2.45, 2.75) is 50.3 Å². The largest absolute Gasteiger partial charge is 0.463 e. The molecule has 0 saturated heterocycles. The minimum atomic E-state index is -0.901. The monoisotopic (exact) mass is 784 g/mol. The summed E-state index contributed by atoms with van der Waals surface area (Å²) in [4.78, 5) is 25.4. The van der Waals surface area contributed by atoms with E-state index in [2.05, 4.69) is 9.44 Å². The molecule has 0 bridgehead atoms. The van der Waals surface area contributed by atoms with Crippen molar-refractivity contribution < 1.29 is 46.1 Å². The standard InChI is InChI=1S/C40H40F4N2O6S2/c1-5-49-39(47)25(3)19-27-21-33(41)37(34(42)22-27)51-29-9-13-31(14-10-29)53-45-17-7-8-18-46-54-32-15-11-30(12-16-32)52-38-35(43)23-28(24-36(38)44)20-26(4)40(48)50-6-2/h9-16,19-24,45-46H,5-8,17-18H2,1-4H3/b25-19+,26-20+. The quantitative estimate of drug-likeness (QED) is 0.0315. The highest BCUT2D eigenvalue weighted by atomic mass is 32.2. The lowest BCUT2D eigenvalue weighted by molar-refractivity contribution is -0.139. The van der Waals surface area contributed by atoms with Crippen LogP contribution in [0.5, 0.6) is 23.0 Å². The molecule has 14 heteroatoms. The van der Waals surface area contributed by atoms with E-state index in [0.717, 1.165) is 60.0 Å². The number of hydrogen-bond donors (Lipinski definition) is 2. The molecule has 0 aromatic heterocycles. The van der Waals surface area contributed by atoms with Crippen LogP contribution in [0.15, 0.2) is 93.7 Å². The van der Waals surface area contributed by atoms with E-state index in [9.17, 15) is 27.2 Å². The lowest BCUT2D eigenvalue weighted by Crippen LogP contribution is -2.10. The number of rotatable bonds is 19. The maximum Gasteiger partial charge on any atom is 0.333 e. The number of carbonyl (C=O) groups excluding carboxylic acids is 2. The van der Waals surface area contributed by atoms with Crippen molar-refractivity contribution in [2.75, 3.05) is 26.3 Å². The minimum absolute atomic E-state index is 0.172. The van der Waals surface area contributed by atoms with Crippen LogP contribution in [0.25, 0.3) is 12.2 Å². The zero-order valence-corrected chi connectivity index (χ0v) is 31.7. The Hall–Kier alpha value is -4.76. The van der Waals surface area contributed by atoms with E-state index in [1.807, 2.05) is 0 Å². The Labute approximate surface area is 320 Å². The summed E-state index contributed by atoms with van der Waals surface area (Å²) in [7, 11) is 0. The number of halogens is 4. The van der Waals surface area contributed by atoms with Gasteiger partial charge in [0.1, 0.15) is 11.5 Å². The zero-order chi connectivity index (χ0) is 39.0. The summed E-state index contributed by atoms with van der Waals surface area (Å²) in [6.07, 6.45) is 4.48. The van der Waals surface area contributed by atoms with Gasteiger partial charge in [-0.15, -0.1) is 0 Å². The molecule has 0 aliphatic carbocycles. The van der Waals surface area contributed by atoms with Crippen molar-refractivity contribution in [2.24, 2.45) is 0 Å². The third-order valence-corrected chi connectivity index (χ3v) is 8.99. The number of esters is 2. The first-order chi connectivity index (χ1) is 26.0. The number of carbonyl (C=O) groups is 2. The molecule has 2 N–H and O–H groups in total. The number of ether oxygens (including phenoxy) is 4. The van der Waals surface area contributed by atoms with Crippen LogP contribution in [0.4, 0.5) is 17.6 Å². The van der Waals surface area contributed by atoms with E-state index in [1.165, 1.54) is 49.9 Å². The number of nitrogens with one attached hydrogen (secondary N) is 2. The van der Waals surface area contributed by atoms with Crippen molar-refractivity contribution in [1.82, 2.24) is 9.44 Å². The van der Waals surface area contributed by atoms with Gasteiger partial charge in [0.25, 0.3) is 0 Å². The Morgan fingerprint density at radius 3 is 1.24 bits per heavy atom. The lowest BCUT2D eigenvalue weighted by Gasteiger charge is -2.10. The van der Waals surface area contributed by atoms with Crippen LogP contribution in [0, 0.1) is 23.3 Å². The van der Waals surface area contributed by atoms with Crippen LogP contribution in [0.3, 0.4) is 0 Å². The second-order valence-corrected chi connectivity index (χ2v) is 13.5. The van der Waals surface area contributed by atoms with Crippen molar-refractivity contribution in [3.63, 3.8) is 0 Å². The van der Waals surface area contributed by atoms with E-state index >= 15 is 0 Å². The van der Waals surface area contributed by atoms with Crippen LogP contribution < -0.4 is 18.9 Å². The highest BCUT2D eigenvalue weighted by Gasteiger charge is 2.16. The molecule has 4 aromatic rings. The summed E-state index contributed by atoms with van der Waals surface area (Å²) in [5.74, 6) is -5.28. The Morgan fingerprint density at radius 2 is 0.926 bits per heavy atom. The molecular weight excluding hydrogens is 745 g/mol. The van der Waals surface area contributed by atoms with Crippen molar-refractivity contribution in [1.29, 1.82) is 0 Å². The molecule has 286 valence electrons. The lowest BCUT2D eigenvalue weighted by atomic mass is 10.1. The van der Waals surface area contributed by atoms with E-state index in [1.54, 1.807) is 62.4 Å². The Morgan fingerprint density at radius 1 is 0.593 bits per heavy atom. The maximum absolute atomic E-state index is 14.7. The molecule has 0 spiro atoms. The van der Waals surface area contributed by atoms with Crippen molar-refractivity contribution in [3.8, 4) is 23.0 Å². The first-order valence-electron chi connectivity index (χ1n) is 17.0. The molecule has 8 nitrogen and oxygen atoms in total. The SMILES string of the molecule is CCOC(=O)/C(C)=C/c1cc(F)c(Oc2ccc(SNCCCCNSc3ccc(Oc4c(F)cc(/C=C(\C)C(=O)OCC)cc4F)cc3)cc2)c(F)c1. The summed E-state index contributed by atoms with van der Waals surface area (Å²) in [5, 5.41) is 0. The van der Waals surface area contributed by atoms with Crippen molar-refractivity contribution >= 4 is 48.0 Å². The molecule has 4 rings (SSSR count). The predicted octanol–water partition coefficient (Wildman–Crippen LogP) is 10.4. The first-order valence-corrected chi connectivity index (χ1v) is 18.6. The summed E-state index contributed by atoms with van der Waals surface area (Å²) in [6.45, 7) is 8.22. The average molecular weight is 785 g/mol. The fraction of sp³-hybridized carbons (Fsp3) is 0.250. The van der Waals surface area contributed by atoms with Crippen LogP contribution >= 0.6 is 23.9 Å². The maximum atomic E-state index is 14.7. The first kappa shape index (κ1) is 42.0. The molecule has 0 saturated carbocycles. The van der Waals surface area contributed by atoms with Crippen LogP contribution in [0.1, 0.15) is 51.7 Å². The molecule has 4 aromatic carbocycles. The smallest absolute Gasteiger partial charge is 0.333 e. The molecule has 0 amide bonds. The summed E-state index contributed by atoms with van der Waals surface area (Å²) in [5.41, 5.74) is 0.776. The molecule has 0 unspecified atom stereocenters. The Balaban J connectivity index is 1.13. The fourth-order valence-corrected chi connectivity index (χ4v) is 6.05. The number of hydrogen-bond acceptors (Lipinski definition) is 10. The molecule has 0 aliphatic heterocycles.